The number of hydrogen-bond donors (Lipinski definition) is 4. The Hall–Kier alpha value is -1.43. The number of carbonyl (C=O) groups excluding carboxylic acids is 1. The minimum Gasteiger partial charge on any atom is -0.394 e. The van der Waals surface area contributed by atoms with Gasteiger partial charge in [0.1, 0.15) is 0 Å². The lowest BCUT2D eigenvalue weighted by Crippen LogP contribution is -2.45. The van der Waals surface area contributed by atoms with Gasteiger partial charge in [0.05, 0.1) is 31.3 Å². The summed E-state index contributed by atoms with van der Waals surface area (Å²) in [6, 6.07) is -0.761. The third kappa shape index (κ3) is 24.7. The molecular weight excluding hydrogens is 462 g/mol. The number of unbranched alkanes of at least 4 members (excludes halogenated alkanes) is 13. The Morgan fingerprint density at radius 2 is 1.19 bits per heavy atom. The third-order valence-electron chi connectivity index (χ3n) is 6.65. The molecule has 0 rings (SSSR count). The first-order valence-corrected chi connectivity index (χ1v) is 15.3. The monoisotopic (exact) mass is 521 g/mol. The predicted molar refractivity (Wildman–Crippen MR) is 158 cm³/mol. The van der Waals surface area contributed by atoms with Gasteiger partial charge in [-0.05, 0) is 51.4 Å². The molecule has 5 heteroatoms. The van der Waals surface area contributed by atoms with Crippen molar-refractivity contribution in [2.75, 3.05) is 6.61 Å². The van der Waals surface area contributed by atoms with Gasteiger partial charge in [-0.2, -0.15) is 0 Å². The maximum absolute atomic E-state index is 12.2. The average molecular weight is 522 g/mol. The average Bonchev–Trinajstić information content (AvgIpc) is 2.88. The Bertz CT molecular complexity index is 587. The van der Waals surface area contributed by atoms with Gasteiger partial charge in [-0.3, -0.25) is 4.79 Å². The van der Waals surface area contributed by atoms with Crippen molar-refractivity contribution in [2.45, 2.75) is 154 Å². The Balaban J connectivity index is 3.92. The SMILES string of the molecule is CCCC/C=C\CCCCCC(O)CC(=O)NC(CO)C(O)/C=C/CC/C=C/CCCCCCCCC. The molecule has 3 atom stereocenters. The number of nitrogens with one attached hydrogen (secondary N) is 1. The number of allylic oxidation sites excluding steroid dienone is 5. The standard InChI is InChI=1S/C32H59NO4/c1-3-5-7-9-11-13-14-15-16-18-20-22-24-26-31(36)30(28-34)33-32(37)27-29(35)25-23-21-19-17-12-10-8-6-4-2/h10,12,16,18,24,26,29-31,34-36H,3-9,11,13-15,17,19-23,25,27-28H2,1-2H3,(H,33,37)/b12-10-,18-16+,26-24+. The van der Waals surface area contributed by atoms with Crippen molar-refractivity contribution in [2.24, 2.45) is 0 Å². The van der Waals surface area contributed by atoms with Gasteiger partial charge in [0.2, 0.25) is 5.91 Å². The van der Waals surface area contributed by atoms with Gasteiger partial charge in [0.15, 0.2) is 0 Å². The first kappa shape index (κ1) is 35.6. The Morgan fingerprint density at radius 1 is 0.676 bits per heavy atom. The van der Waals surface area contributed by atoms with Crippen LogP contribution in [0.5, 0.6) is 0 Å². The number of aliphatic hydroxyl groups is 3. The van der Waals surface area contributed by atoms with Crippen LogP contribution >= 0.6 is 0 Å². The van der Waals surface area contributed by atoms with Crippen molar-refractivity contribution in [1.29, 1.82) is 0 Å². The molecule has 0 aromatic heterocycles. The maximum Gasteiger partial charge on any atom is 0.222 e. The van der Waals surface area contributed by atoms with E-state index in [1.165, 1.54) is 57.8 Å². The lowest BCUT2D eigenvalue weighted by Gasteiger charge is -2.20. The fourth-order valence-electron chi connectivity index (χ4n) is 4.21. The van der Waals surface area contributed by atoms with Crippen molar-refractivity contribution >= 4 is 5.91 Å². The molecule has 0 fully saturated rings. The van der Waals surface area contributed by atoms with Gasteiger partial charge in [-0.1, -0.05) is 115 Å². The van der Waals surface area contributed by atoms with Crippen LogP contribution in [-0.4, -0.2) is 46.1 Å². The van der Waals surface area contributed by atoms with Crippen LogP contribution in [0.3, 0.4) is 0 Å². The van der Waals surface area contributed by atoms with Crippen LogP contribution in [-0.2, 0) is 4.79 Å². The van der Waals surface area contributed by atoms with Crippen LogP contribution in [0.2, 0.25) is 0 Å². The summed E-state index contributed by atoms with van der Waals surface area (Å²) in [6.45, 7) is 4.09. The van der Waals surface area contributed by atoms with E-state index in [4.69, 9.17) is 0 Å². The first-order chi connectivity index (χ1) is 18.0. The number of hydrogen-bond acceptors (Lipinski definition) is 4. The molecule has 37 heavy (non-hydrogen) atoms. The van der Waals surface area contributed by atoms with Crippen molar-refractivity contribution in [3.05, 3.63) is 36.5 Å². The van der Waals surface area contributed by atoms with Crippen LogP contribution in [0.4, 0.5) is 0 Å². The second-order valence-corrected chi connectivity index (χ2v) is 10.3. The molecule has 0 heterocycles. The van der Waals surface area contributed by atoms with Crippen LogP contribution in [0.15, 0.2) is 36.5 Å². The van der Waals surface area contributed by atoms with E-state index < -0.39 is 18.2 Å². The highest BCUT2D eigenvalue weighted by atomic mass is 16.3. The number of aliphatic hydroxyl groups excluding tert-OH is 3. The molecule has 0 radical (unpaired) electrons. The number of rotatable bonds is 26. The van der Waals surface area contributed by atoms with Crippen LogP contribution in [0.1, 0.15) is 136 Å². The van der Waals surface area contributed by atoms with E-state index in [9.17, 15) is 20.1 Å². The number of amides is 1. The molecule has 0 bridgehead atoms. The van der Waals surface area contributed by atoms with E-state index >= 15 is 0 Å². The molecule has 0 saturated carbocycles. The quantitative estimate of drug-likeness (QED) is 0.0710. The zero-order valence-electron chi connectivity index (χ0n) is 24.1. The fourth-order valence-corrected chi connectivity index (χ4v) is 4.21. The van der Waals surface area contributed by atoms with Gasteiger partial charge in [-0.15, -0.1) is 0 Å². The minimum absolute atomic E-state index is 0.00656. The maximum atomic E-state index is 12.2. The molecule has 0 aromatic carbocycles. The normalized spacial score (nSPS) is 14.6. The van der Waals surface area contributed by atoms with E-state index in [0.29, 0.717) is 6.42 Å². The molecule has 4 N–H and O–H groups in total. The van der Waals surface area contributed by atoms with E-state index in [1.54, 1.807) is 6.08 Å². The summed E-state index contributed by atoms with van der Waals surface area (Å²) in [7, 11) is 0. The fraction of sp³-hybridized carbons (Fsp3) is 0.781. The summed E-state index contributed by atoms with van der Waals surface area (Å²) < 4.78 is 0. The van der Waals surface area contributed by atoms with Gasteiger partial charge >= 0.3 is 0 Å². The van der Waals surface area contributed by atoms with E-state index in [1.807, 2.05) is 6.08 Å². The Morgan fingerprint density at radius 3 is 1.81 bits per heavy atom. The number of carbonyl (C=O) groups is 1. The molecule has 216 valence electrons. The van der Waals surface area contributed by atoms with Crippen molar-refractivity contribution in [3.63, 3.8) is 0 Å². The molecule has 3 unspecified atom stereocenters. The van der Waals surface area contributed by atoms with E-state index in [0.717, 1.165) is 51.4 Å². The Labute approximate surface area is 228 Å². The molecule has 5 nitrogen and oxygen atoms in total. The smallest absolute Gasteiger partial charge is 0.222 e. The molecule has 0 aliphatic rings. The molecule has 0 saturated heterocycles. The molecule has 1 amide bonds. The highest BCUT2D eigenvalue weighted by molar-refractivity contribution is 5.76. The minimum atomic E-state index is -0.951. The summed E-state index contributed by atoms with van der Waals surface area (Å²) in [6.07, 6.45) is 31.2. The van der Waals surface area contributed by atoms with Crippen molar-refractivity contribution in [1.82, 2.24) is 5.32 Å². The zero-order valence-corrected chi connectivity index (χ0v) is 24.1. The molecule has 0 aromatic rings. The summed E-state index contributed by atoms with van der Waals surface area (Å²) in [5.74, 6) is -0.342. The molecule has 0 aliphatic heterocycles. The first-order valence-electron chi connectivity index (χ1n) is 15.3. The molecular formula is C32H59NO4. The zero-order chi connectivity index (χ0) is 27.4. The van der Waals surface area contributed by atoms with E-state index in [-0.39, 0.29) is 18.9 Å². The summed E-state index contributed by atoms with van der Waals surface area (Å²) in [4.78, 5) is 12.2. The molecule has 0 spiro atoms. The van der Waals surface area contributed by atoms with Crippen LogP contribution < -0.4 is 5.32 Å². The van der Waals surface area contributed by atoms with Crippen molar-refractivity contribution < 1.29 is 20.1 Å². The second-order valence-electron chi connectivity index (χ2n) is 10.3. The lowest BCUT2D eigenvalue weighted by atomic mass is 10.1. The predicted octanol–water partition coefficient (Wildman–Crippen LogP) is 7.31. The highest BCUT2D eigenvalue weighted by Crippen LogP contribution is 2.11. The summed E-state index contributed by atoms with van der Waals surface area (Å²) in [5.41, 5.74) is 0. The third-order valence-corrected chi connectivity index (χ3v) is 6.65. The van der Waals surface area contributed by atoms with Crippen molar-refractivity contribution in [3.8, 4) is 0 Å². The summed E-state index contributed by atoms with van der Waals surface area (Å²) in [5, 5.41) is 32.7. The highest BCUT2D eigenvalue weighted by Gasteiger charge is 2.19. The second kappa shape index (κ2) is 27.6. The molecule has 0 aliphatic carbocycles. The largest absolute Gasteiger partial charge is 0.394 e. The Kier molecular flexibility index (Phi) is 26.5. The van der Waals surface area contributed by atoms with Gasteiger partial charge in [0.25, 0.3) is 0 Å². The topological polar surface area (TPSA) is 89.8 Å². The van der Waals surface area contributed by atoms with Crippen LogP contribution in [0.25, 0.3) is 0 Å². The lowest BCUT2D eigenvalue weighted by molar-refractivity contribution is -0.124. The van der Waals surface area contributed by atoms with Crippen LogP contribution in [0, 0.1) is 0 Å². The van der Waals surface area contributed by atoms with Gasteiger partial charge in [0, 0.05) is 0 Å². The summed E-state index contributed by atoms with van der Waals surface area (Å²) >= 11 is 0. The van der Waals surface area contributed by atoms with Gasteiger partial charge < -0.3 is 20.6 Å². The van der Waals surface area contributed by atoms with Gasteiger partial charge in [-0.25, -0.2) is 0 Å². The van der Waals surface area contributed by atoms with E-state index in [2.05, 4.69) is 43.5 Å².